The lowest BCUT2D eigenvalue weighted by atomic mass is 9.69. The van der Waals surface area contributed by atoms with Crippen LogP contribution in [0, 0.1) is 5.92 Å². The van der Waals surface area contributed by atoms with Crippen LogP contribution in [0.5, 0.6) is 5.75 Å². The summed E-state index contributed by atoms with van der Waals surface area (Å²) in [6.07, 6.45) is 1.04. The van der Waals surface area contributed by atoms with Gasteiger partial charge in [-0.3, -0.25) is 14.6 Å². The fourth-order valence-electron chi connectivity index (χ4n) is 4.67. The zero-order chi connectivity index (χ0) is 22.1. The molecule has 0 N–H and O–H groups in total. The molecule has 0 bridgehead atoms. The number of allylic oxidation sites excluding steroid dienone is 2. The third-order valence-electron chi connectivity index (χ3n) is 6.17. The maximum atomic E-state index is 13.5. The number of esters is 1. The SMILES string of the molecule is COC(=O)C1C(C)=NC2=C(C(=O)CC(c3ccc(OC)cc3)C2)C1c1ccccc1Br. The molecule has 2 aliphatic rings. The van der Waals surface area contributed by atoms with Gasteiger partial charge in [-0.05, 0) is 48.6 Å². The highest BCUT2D eigenvalue weighted by Crippen LogP contribution is 2.48. The summed E-state index contributed by atoms with van der Waals surface area (Å²) in [5.41, 5.74) is 4.07. The van der Waals surface area contributed by atoms with Crippen LogP contribution in [0.4, 0.5) is 0 Å². The molecule has 5 nitrogen and oxygen atoms in total. The van der Waals surface area contributed by atoms with Crippen molar-refractivity contribution in [3.8, 4) is 5.75 Å². The van der Waals surface area contributed by atoms with E-state index in [4.69, 9.17) is 14.5 Å². The van der Waals surface area contributed by atoms with E-state index in [1.54, 1.807) is 7.11 Å². The Balaban J connectivity index is 1.79. The summed E-state index contributed by atoms with van der Waals surface area (Å²) in [5, 5.41) is 0. The Morgan fingerprint density at radius 2 is 1.77 bits per heavy atom. The van der Waals surface area contributed by atoms with E-state index >= 15 is 0 Å². The van der Waals surface area contributed by atoms with Gasteiger partial charge < -0.3 is 9.47 Å². The molecule has 0 saturated heterocycles. The highest BCUT2D eigenvalue weighted by Gasteiger charge is 2.45. The molecule has 0 saturated carbocycles. The van der Waals surface area contributed by atoms with Gasteiger partial charge >= 0.3 is 5.97 Å². The van der Waals surface area contributed by atoms with Gasteiger partial charge in [-0.15, -0.1) is 0 Å². The molecule has 3 atom stereocenters. The second-order valence-electron chi connectivity index (χ2n) is 7.92. The number of rotatable bonds is 4. The van der Waals surface area contributed by atoms with E-state index in [2.05, 4.69) is 15.9 Å². The lowest BCUT2D eigenvalue weighted by Gasteiger charge is -2.36. The third-order valence-corrected chi connectivity index (χ3v) is 6.89. The fraction of sp³-hybridized carbons (Fsp3) is 0.320. The number of Topliss-reactive ketones (excluding diaryl/α,β-unsaturated/α-hetero) is 1. The number of ether oxygens (including phenoxy) is 2. The van der Waals surface area contributed by atoms with Gasteiger partial charge in [0.15, 0.2) is 5.78 Å². The number of aliphatic imine (C=N–C) groups is 1. The Kier molecular flexibility index (Phi) is 6.10. The molecule has 1 aliphatic carbocycles. The van der Waals surface area contributed by atoms with E-state index in [1.165, 1.54) is 7.11 Å². The van der Waals surface area contributed by atoms with Crippen molar-refractivity contribution < 1.29 is 19.1 Å². The minimum atomic E-state index is -0.621. The molecular weight excluding hydrogens is 458 g/mol. The number of hydrogen-bond donors (Lipinski definition) is 0. The molecule has 0 aromatic heterocycles. The van der Waals surface area contributed by atoms with Crippen molar-refractivity contribution in [1.82, 2.24) is 0 Å². The predicted molar refractivity (Wildman–Crippen MR) is 123 cm³/mol. The highest BCUT2D eigenvalue weighted by atomic mass is 79.9. The molecule has 6 heteroatoms. The second kappa shape index (κ2) is 8.79. The first kappa shape index (κ1) is 21.5. The molecule has 1 heterocycles. The van der Waals surface area contributed by atoms with Crippen LogP contribution >= 0.6 is 15.9 Å². The Hall–Kier alpha value is -2.73. The normalized spacial score (nSPS) is 23.2. The molecule has 1 aliphatic heterocycles. The topological polar surface area (TPSA) is 65.0 Å². The quantitative estimate of drug-likeness (QED) is 0.562. The van der Waals surface area contributed by atoms with Crippen molar-refractivity contribution in [2.45, 2.75) is 31.6 Å². The van der Waals surface area contributed by atoms with Crippen molar-refractivity contribution in [3.05, 3.63) is 75.4 Å². The second-order valence-corrected chi connectivity index (χ2v) is 8.77. The zero-order valence-electron chi connectivity index (χ0n) is 17.7. The van der Waals surface area contributed by atoms with E-state index in [-0.39, 0.29) is 17.7 Å². The lowest BCUT2D eigenvalue weighted by molar-refractivity contribution is -0.143. The van der Waals surface area contributed by atoms with Gasteiger partial charge in [0, 0.05) is 33.8 Å². The van der Waals surface area contributed by atoms with Gasteiger partial charge in [0.1, 0.15) is 11.7 Å². The minimum absolute atomic E-state index is 0.0352. The Labute approximate surface area is 190 Å². The van der Waals surface area contributed by atoms with Gasteiger partial charge in [0.25, 0.3) is 0 Å². The number of halogens is 1. The number of methoxy groups -OCH3 is 2. The Morgan fingerprint density at radius 3 is 2.42 bits per heavy atom. The van der Waals surface area contributed by atoms with Crippen LogP contribution in [0.25, 0.3) is 0 Å². The monoisotopic (exact) mass is 481 g/mol. The first-order valence-electron chi connectivity index (χ1n) is 10.2. The van der Waals surface area contributed by atoms with Gasteiger partial charge in [-0.25, -0.2) is 0 Å². The summed E-state index contributed by atoms with van der Waals surface area (Å²) in [4.78, 5) is 31.0. The molecule has 160 valence electrons. The van der Waals surface area contributed by atoms with E-state index < -0.39 is 11.8 Å². The molecule has 2 aromatic rings. The van der Waals surface area contributed by atoms with E-state index in [0.29, 0.717) is 24.1 Å². The first-order valence-corrected chi connectivity index (χ1v) is 11.0. The summed E-state index contributed by atoms with van der Waals surface area (Å²) in [7, 11) is 3.01. The summed E-state index contributed by atoms with van der Waals surface area (Å²) in [6, 6.07) is 15.6. The molecule has 2 aromatic carbocycles. The van der Waals surface area contributed by atoms with Crippen LogP contribution in [0.1, 0.15) is 42.7 Å². The highest BCUT2D eigenvalue weighted by molar-refractivity contribution is 9.10. The molecule has 4 rings (SSSR count). The zero-order valence-corrected chi connectivity index (χ0v) is 19.3. The fourth-order valence-corrected chi connectivity index (χ4v) is 5.20. The van der Waals surface area contributed by atoms with Crippen molar-refractivity contribution >= 4 is 33.4 Å². The van der Waals surface area contributed by atoms with Crippen molar-refractivity contribution in [2.24, 2.45) is 10.9 Å². The lowest BCUT2D eigenvalue weighted by Crippen LogP contribution is -2.37. The maximum absolute atomic E-state index is 13.5. The van der Waals surface area contributed by atoms with Gasteiger partial charge in [-0.2, -0.15) is 0 Å². The van der Waals surface area contributed by atoms with E-state index in [0.717, 1.165) is 27.0 Å². The first-order chi connectivity index (χ1) is 14.9. The Bertz CT molecular complexity index is 1090. The van der Waals surface area contributed by atoms with Crippen LogP contribution < -0.4 is 4.74 Å². The summed E-state index contributed by atoms with van der Waals surface area (Å²) in [5.74, 6) is -0.550. The third kappa shape index (κ3) is 3.97. The predicted octanol–water partition coefficient (Wildman–Crippen LogP) is 5.21. The van der Waals surface area contributed by atoms with Crippen molar-refractivity contribution in [2.75, 3.05) is 14.2 Å². The van der Waals surface area contributed by atoms with Crippen LogP contribution in [0.2, 0.25) is 0 Å². The average Bonchev–Trinajstić information content (AvgIpc) is 2.78. The van der Waals surface area contributed by atoms with E-state index in [9.17, 15) is 9.59 Å². The van der Waals surface area contributed by atoms with Gasteiger partial charge in [-0.1, -0.05) is 46.3 Å². The molecular formula is C25H24BrNO4. The minimum Gasteiger partial charge on any atom is -0.497 e. The number of carbonyl (C=O) groups excluding carboxylic acids is 2. The van der Waals surface area contributed by atoms with Crippen molar-refractivity contribution in [3.63, 3.8) is 0 Å². The molecule has 0 radical (unpaired) electrons. The smallest absolute Gasteiger partial charge is 0.315 e. The number of ketones is 1. The van der Waals surface area contributed by atoms with Crippen molar-refractivity contribution in [1.29, 1.82) is 0 Å². The molecule has 31 heavy (non-hydrogen) atoms. The standard InChI is InChI=1S/C25H24BrNO4/c1-14-22(25(29)31-3)23(18-6-4-5-7-19(18)26)24-20(27-14)12-16(13-21(24)28)15-8-10-17(30-2)11-9-15/h4-11,16,22-23H,12-13H2,1-3H3. The molecule has 0 spiro atoms. The van der Waals surface area contributed by atoms with Crippen LogP contribution in [-0.4, -0.2) is 31.7 Å². The number of nitrogens with zero attached hydrogens (tertiary/aromatic N) is 1. The van der Waals surface area contributed by atoms with Crippen LogP contribution in [0.15, 0.2) is 69.3 Å². The molecule has 0 fully saturated rings. The average molecular weight is 482 g/mol. The van der Waals surface area contributed by atoms with Crippen LogP contribution in [-0.2, 0) is 14.3 Å². The van der Waals surface area contributed by atoms with Gasteiger partial charge in [0.2, 0.25) is 0 Å². The van der Waals surface area contributed by atoms with Gasteiger partial charge in [0.05, 0.1) is 14.2 Å². The summed E-state index contributed by atoms with van der Waals surface area (Å²) < 4.78 is 11.2. The number of benzene rings is 2. The largest absolute Gasteiger partial charge is 0.497 e. The van der Waals surface area contributed by atoms with E-state index in [1.807, 2.05) is 55.5 Å². The summed E-state index contributed by atoms with van der Waals surface area (Å²) in [6.45, 7) is 1.84. The maximum Gasteiger partial charge on any atom is 0.315 e. The molecule has 3 unspecified atom stereocenters. The number of carbonyl (C=O) groups is 2. The Morgan fingerprint density at radius 1 is 1.06 bits per heavy atom. The molecule has 0 amide bonds. The van der Waals surface area contributed by atoms with Crippen LogP contribution in [0.3, 0.4) is 0 Å². The number of hydrogen-bond acceptors (Lipinski definition) is 5. The summed E-state index contributed by atoms with van der Waals surface area (Å²) >= 11 is 3.61.